The molecule has 2 aromatic rings. The van der Waals surface area contributed by atoms with Gasteiger partial charge in [-0.2, -0.15) is 5.10 Å². The highest BCUT2D eigenvalue weighted by Gasteiger charge is 2.08. The van der Waals surface area contributed by atoms with Crippen LogP contribution in [-0.2, 0) is 0 Å². The standard InChI is InChI=1S/C12H12N6O2/c1-9(11-8-13-5-6-14-11)16-17(2)12-4-3-10(7-15-12)18(19)20/h3-8H,1-2H3/b16-9+. The molecule has 8 nitrogen and oxygen atoms in total. The lowest BCUT2D eigenvalue weighted by Crippen LogP contribution is -2.14. The smallest absolute Gasteiger partial charge is 0.261 e. The number of nitrogens with zero attached hydrogens (tertiary/aromatic N) is 6. The van der Waals surface area contributed by atoms with Crippen LogP contribution in [0.25, 0.3) is 0 Å². The van der Waals surface area contributed by atoms with Crippen molar-refractivity contribution in [2.45, 2.75) is 6.92 Å². The molecule has 2 heterocycles. The minimum absolute atomic E-state index is 0.0585. The van der Waals surface area contributed by atoms with Gasteiger partial charge < -0.3 is 0 Å². The zero-order valence-electron chi connectivity index (χ0n) is 11.0. The Hall–Kier alpha value is -2.90. The summed E-state index contributed by atoms with van der Waals surface area (Å²) < 4.78 is 0. The van der Waals surface area contributed by atoms with Gasteiger partial charge in [0.25, 0.3) is 5.69 Å². The molecule has 0 atom stereocenters. The molecule has 0 aliphatic heterocycles. The number of nitro groups is 1. The summed E-state index contributed by atoms with van der Waals surface area (Å²) in [5, 5.41) is 16.4. The third kappa shape index (κ3) is 3.10. The van der Waals surface area contributed by atoms with Gasteiger partial charge in [0, 0.05) is 25.5 Å². The highest BCUT2D eigenvalue weighted by Crippen LogP contribution is 2.15. The Morgan fingerprint density at radius 1 is 1.30 bits per heavy atom. The Bertz CT molecular complexity index is 626. The molecule has 0 saturated heterocycles. The van der Waals surface area contributed by atoms with Gasteiger partial charge >= 0.3 is 0 Å². The van der Waals surface area contributed by atoms with E-state index in [2.05, 4.69) is 20.1 Å². The SMILES string of the molecule is C/C(=N\N(C)c1ccc([N+](=O)[O-])cn1)c1cnccn1. The molecule has 20 heavy (non-hydrogen) atoms. The van der Waals surface area contributed by atoms with Crippen molar-refractivity contribution in [1.82, 2.24) is 15.0 Å². The quantitative estimate of drug-likeness (QED) is 0.476. The van der Waals surface area contributed by atoms with Crippen molar-refractivity contribution in [3.8, 4) is 0 Å². The van der Waals surface area contributed by atoms with Gasteiger partial charge in [0.1, 0.15) is 17.7 Å². The summed E-state index contributed by atoms with van der Waals surface area (Å²) in [6, 6.07) is 2.91. The fraction of sp³-hybridized carbons (Fsp3) is 0.167. The number of pyridine rings is 1. The average Bonchev–Trinajstić information content (AvgIpc) is 2.48. The number of aromatic nitrogens is 3. The summed E-state index contributed by atoms with van der Waals surface area (Å²) >= 11 is 0. The zero-order chi connectivity index (χ0) is 14.5. The van der Waals surface area contributed by atoms with Crippen molar-refractivity contribution in [3.05, 3.63) is 52.7 Å². The molecular weight excluding hydrogens is 260 g/mol. The number of hydrogen-bond donors (Lipinski definition) is 0. The van der Waals surface area contributed by atoms with Gasteiger partial charge in [-0.25, -0.2) is 4.98 Å². The Morgan fingerprint density at radius 3 is 2.65 bits per heavy atom. The van der Waals surface area contributed by atoms with E-state index < -0.39 is 4.92 Å². The van der Waals surface area contributed by atoms with Crippen molar-refractivity contribution >= 4 is 17.2 Å². The van der Waals surface area contributed by atoms with Gasteiger partial charge in [-0.05, 0) is 13.0 Å². The van der Waals surface area contributed by atoms with Crippen LogP contribution in [0.2, 0.25) is 0 Å². The molecule has 0 aromatic carbocycles. The van der Waals surface area contributed by atoms with Crippen LogP contribution in [-0.4, -0.2) is 32.6 Å². The molecule has 0 unspecified atom stereocenters. The largest absolute Gasteiger partial charge is 0.287 e. The minimum Gasteiger partial charge on any atom is -0.261 e. The normalized spacial score (nSPS) is 11.2. The van der Waals surface area contributed by atoms with Crippen molar-refractivity contribution in [2.75, 3.05) is 12.1 Å². The molecular formula is C12H12N6O2. The van der Waals surface area contributed by atoms with Crippen molar-refractivity contribution < 1.29 is 4.92 Å². The topological polar surface area (TPSA) is 97.4 Å². The van der Waals surface area contributed by atoms with Crippen LogP contribution >= 0.6 is 0 Å². The summed E-state index contributed by atoms with van der Waals surface area (Å²) in [5.74, 6) is 0.499. The van der Waals surface area contributed by atoms with Gasteiger partial charge in [-0.3, -0.25) is 25.1 Å². The predicted octanol–water partition coefficient (Wildman–Crippen LogP) is 1.64. The second-order valence-corrected chi connectivity index (χ2v) is 3.93. The first-order valence-electron chi connectivity index (χ1n) is 5.73. The van der Waals surface area contributed by atoms with E-state index in [-0.39, 0.29) is 5.69 Å². The molecule has 102 valence electrons. The zero-order valence-corrected chi connectivity index (χ0v) is 11.0. The lowest BCUT2D eigenvalue weighted by Gasteiger charge is -2.12. The second kappa shape index (κ2) is 5.83. The van der Waals surface area contributed by atoms with Crippen LogP contribution in [0.15, 0.2) is 42.0 Å². The molecule has 8 heteroatoms. The van der Waals surface area contributed by atoms with Gasteiger partial charge in [0.2, 0.25) is 0 Å². The summed E-state index contributed by atoms with van der Waals surface area (Å²) in [5.41, 5.74) is 1.26. The van der Waals surface area contributed by atoms with Gasteiger partial charge in [-0.1, -0.05) is 0 Å². The van der Waals surface area contributed by atoms with Crippen molar-refractivity contribution in [3.63, 3.8) is 0 Å². The molecule has 0 radical (unpaired) electrons. The molecule has 0 fully saturated rings. The highest BCUT2D eigenvalue weighted by atomic mass is 16.6. The second-order valence-electron chi connectivity index (χ2n) is 3.93. The van der Waals surface area contributed by atoms with E-state index in [0.29, 0.717) is 17.2 Å². The van der Waals surface area contributed by atoms with Crippen LogP contribution in [0.3, 0.4) is 0 Å². The number of rotatable bonds is 4. The number of hydrogen-bond acceptors (Lipinski definition) is 7. The lowest BCUT2D eigenvalue weighted by atomic mass is 10.3. The molecule has 0 N–H and O–H groups in total. The summed E-state index contributed by atoms with van der Waals surface area (Å²) in [7, 11) is 1.70. The first kappa shape index (κ1) is 13.5. The van der Waals surface area contributed by atoms with Crippen LogP contribution < -0.4 is 5.01 Å². The van der Waals surface area contributed by atoms with Crippen LogP contribution in [0.4, 0.5) is 11.5 Å². The summed E-state index contributed by atoms with van der Waals surface area (Å²) in [6.45, 7) is 1.80. The summed E-state index contributed by atoms with van der Waals surface area (Å²) in [6.07, 6.45) is 5.96. The number of hydrazone groups is 1. The third-order valence-electron chi connectivity index (χ3n) is 2.51. The van der Waals surface area contributed by atoms with E-state index in [4.69, 9.17) is 0 Å². The molecule has 0 saturated carbocycles. The first-order valence-corrected chi connectivity index (χ1v) is 5.73. The molecule has 0 spiro atoms. The maximum Gasteiger partial charge on any atom is 0.287 e. The molecule has 0 aliphatic carbocycles. The monoisotopic (exact) mass is 272 g/mol. The fourth-order valence-electron chi connectivity index (χ4n) is 1.49. The van der Waals surface area contributed by atoms with E-state index in [1.54, 1.807) is 32.6 Å². The predicted molar refractivity (Wildman–Crippen MR) is 73.5 cm³/mol. The number of anilines is 1. The van der Waals surface area contributed by atoms with Crippen LogP contribution in [0.1, 0.15) is 12.6 Å². The summed E-state index contributed by atoms with van der Waals surface area (Å²) in [4.78, 5) is 22.1. The van der Waals surface area contributed by atoms with E-state index >= 15 is 0 Å². The molecule has 2 rings (SSSR count). The molecule has 0 amide bonds. The molecule has 2 aromatic heterocycles. The van der Waals surface area contributed by atoms with Crippen LogP contribution in [0, 0.1) is 10.1 Å². The van der Waals surface area contributed by atoms with Crippen molar-refractivity contribution in [1.29, 1.82) is 0 Å². The van der Waals surface area contributed by atoms with Crippen LogP contribution in [0.5, 0.6) is 0 Å². The van der Waals surface area contributed by atoms with Crippen molar-refractivity contribution in [2.24, 2.45) is 5.10 Å². The van der Waals surface area contributed by atoms with E-state index in [1.807, 2.05) is 0 Å². The maximum atomic E-state index is 10.6. The van der Waals surface area contributed by atoms with E-state index in [1.165, 1.54) is 23.3 Å². The Balaban J connectivity index is 2.19. The maximum absolute atomic E-state index is 10.6. The minimum atomic E-state index is -0.495. The van der Waals surface area contributed by atoms with Gasteiger partial charge in [0.15, 0.2) is 0 Å². The first-order chi connectivity index (χ1) is 9.58. The Morgan fingerprint density at radius 2 is 2.10 bits per heavy atom. The van der Waals surface area contributed by atoms with E-state index in [9.17, 15) is 10.1 Å². The highest BCUT2D eigenvalue weighted by molar-refractivity contribution is 5.97. The Labute approximate surface area is 115 Å². The van der Waals surface area contributed by atoms with Gasteiger partial charge in [0.05, 0.1) is 16.8 Å². The lowest BCUT2D eigenvalue weighted by molar-refractivity contribution is -0.385. The average molecular weight is 272 g/mol. The molecule has 0 aliphatic rings. The molecule has 0 bridgehead atoms. The Kier molecular flexibility index (Phi) is 3.94. The third-order valence-corrected chi connectivity index (χ3v) is 2.51. The van der Waals surface area contributed by atoms with Gasteiger partial charge in [-0.15, -0.1) is 0 Å². The van der Waals surface area contributed by atoms with E-state index in [0.717, 1.165) is 0 Å². The fourth-order valence-corrected chi connectivity index (χ4v) is 1.49.